The fourth-order valence-electron chi connectivity index (χ4n) is 0.971. The van der Waals surface area contributed by atoms with Crippen LogP contribution in [0.3, 0.4) is 0 Å². The Bertz CT molecular complexity index is 150. The summed E-state index contributed by atoms with van der Waals surface area (Å²) in [5, 5.41) is 11.4. The van der Waals surface area contributed by atoms with E-state index in [0.717, 1.165) is 12.8 Å². The van der Waals surface area contributed by atoms with Crippen LogP contribution in [-0.4, -0.2) is 37.4 Å². The average molecular weight is 203 g/mol. The molecule has 2 N–H and O–H groups in total. The third-order valence-electron chi connectivity index (χ3n) is 1.85. The SMILES string of the molecule is CCCOCC(=O)NCC(C)CCO. The van der Waals surface area contributed by atoms with Gasteiger partial charge in [-0.2, -0.15) is 0 Å². The maximum absolute atomic E-state index is 11.1. The van der Waals surface area contributed by atoms with Crippen molar-refractivity contribution in [1.82, 2.24) is 5.32 Å². The maximum atomic E-state index is 11.1. The molecule has 1 atom stereocenters. The molecule has 1 amide bonds. The first-order chi connectivity index (χ1) is 6.70. The molecule has 14 heavy (non-hydrogen) atoms. The van der Waals surface area contributed by atoms with Crippen molar-refractivity contribution in [2.45, 2.75) is 26.7 Å². The van der Waals surface area contributed by atoms with Gasteiger partial charge in [-0.25, -0.2) is 0 Å². The standard InChI is InChI=1S/C10H21NO3/c1-3-6-14-8-10(13)11-7-9(2)4-5-12/h9,12H,3-8H2,1-2H3,(H,11,13). The summed E-state index contributed by atoms with van der Waals surface area (Å²) in [7, 11) is 0. The molecule has 1 unspecified atom stereocenters. The molecule has 0 saturated heterocycles. The summed E-state index contributed by atoms with van der Waals surface area (Å²) in [6.45, 7) is 5.53. The minimum atomic E-state index is -0.0803. The topological polar surface area (TPSA) is 58.6 Å². The van der Waals surface area contributed by atoms with E-state index >= 15 is 0 Å². The fourth-order valence-corrected chi connectivity index (χ4v) is 0.971. The molecule has 0 bridgehead atoms. The third-order valence-corrected chi connectivity index (χ3v) is 1.85. The van der Waals surface area contributed by atoms with Gasteiger partial charge in [0.1, 0.15) is 6.61 Å². The van der Waals surface area contributed by atoms with Crippen molar-refractivity contribution in [3.05, 3.63) is 0 Å². The third kappa shape index (κ3) is 8.01. The Hall–Kier alpha value is -0.610. The van der Waals surface area contributed by atoms with Crippen LogP contribution >= 0.6 is 0 Å². The number of hydrogen-bond acceptors (Lipinski definition) is 3. The Morgan fingerprint density at radius 2 is 2.29 bits per heavy atom. The molecular formula is C10H21NO3. The van der Waals surface area contributed by atoms with Crippen LogP contribution in [0.2, 0.25) is 0 Å². The molecule has 0 aromatic carbocycles. The molecule has 0 aliphatic heterocycles. The van der Waals surface area contributed by atoms with Gasteiger partial charge in [-0.05, 0) is 18.8 Å². The van der Waals surface area contributed by atoms with Crippen molar-refractivity contribution in [3.63, 3.8) is 0 Å². The van der Waals surface area contributed by atoms with Crippen molar-refractivity contribution in [2.75, 3.05) is 26.4 Å². The molecule has 0 rings (SSSR count). The second-order valence-corrected chi connectivity index (χ2v) is 3.47. The molecule has 0 aliphatic carbocycles. The molecule has 0 aromatic rings. The number of ether oxygens (including phenoxy) is 1. The number of carbonyl (C=O) groups is 1. The molecule has 0 saturated carbocycles. The number of amides is 1. The molecule has 0 heterocycles. The van der Waals surface area contributed by atoms with Gasteiger partial charge in [0, 0.05) is 19.8 Å². The molecule has 84 valence electrons. The lowest BCUT2D eigenvalue weighted by Gasteiger charge is -2.10. The zero-order valence-corrected chi connectivity index (χ0v) is 9.08. The Morgan fingerprint density at radius 1 is 1.57 bits per heavy atom. The van der Waals surface area contributed by atoms with Gasteiger partial charge < -0.3 is 15.2 Å². The number of aliphatic hydroxyl groups is 1. The van der Waals surface area contributed by atoms with Crippen LogP contribution in [0.4, 0.5) is 0 Å². The Balaban J connectivity index is 3.34. The fraction of sp³-hybridized carbons (Fsp3) is 0.900. The predicted molar refractivity (Wildman–Crippen MR) is 55.0 cm³/mol. The van der Waals surface area contributed by atoms with Crippen molar-refractivity contribution in [2.24, 2.45) is 5.92 Å². The molecule has 4 nitrogen and oxygen atoms in total. The highest BCUT2D eigenvalue weighted by atomic mass is 16.5. The van der Waals surface area contributed by atoms with Gasteiger partial charge in [0.2, 0.25) is 5.91 Å². The first-order valence-corrected chi connectivity index (χ1v) is 5.16. The van der Waals surface area contributed by atoms with Crippen molar-refractivity contribution in [3.8, 4) is 0 Å². The van der Waals surface area contributed by atoms with Crippen LogP contribution in [0.15, 0.2) is 0 Å². The number of carbonyl (C=O) groups excluding carboxylic acids is 1. The second kappa shape index (κ2) is 8.97. The van der Waals surface area contributed by atoms with E-state index in [9.17, 15) is 4.79 Å². The number of nitrogens with one attached hydrogen (secondary N) is 1. The second-order valence-electron chi connectivity index (χ2n) is 3.47. The van der Waals surface area contributed by atoms with Crippen LogP contribution in [0.1, 0.15) is 26.7 Å². The highest BCUT2D eigenvalue weighted by Gasteiger charge is 2.04. The van der Waals surface area contributed by atoms with E-state index in [0.29, 0.717) is 19.1 Å². The van der Waals surface area contributed by atoms with E-state index in [1.807, 2.05) is 13.8 Å². The lowest BCUT2D eigenvalue weighted by Crippen LogP contribution is -2.31. The molecule has 4 heteroatoms. The lowest BCUT2D eigenvalue weighted by atomic mass is 10.1. The molecular weight excluding hydrogens is 182 g/mol. The Morgan fingerprint density at radius 3 is 2.86 bits per heavy atom. The number of hydrogen-bond donors (Lipinski definition) is 2. The summed E-state index contributed by atoms with van der Waals surface area (Å²) >= 11 is 0. The smallest absolute Gasteiger partial charge is 0.246 e. The number of rotatable bonds is 8. The molecule has 0 spiro atoms. The molecule has 0 radical (unpaired) electrons. The van der Waals surface area contributed by atoms with Gasteiger partial charge in [-0.3, -0.25) is 4.79 Å². The quantitative estimate of drug-likeness (QED) is 0.566. The highest BCUT2D eigenvalue weighted by molar-refractivity contribution is 5.77. The lowest BCUT2D eigenvalue weighted by molar-refractivity contribution is -0.125. The molecule has 0 aliphatic rings. The van der Waals surface area contributed by atoms with E-state index in [4.69, 9.17) is 9.84 Å². The Labute approximate surface area is 85.6 Å². The first kappa shape index (κ1) is 13.4. The summed E-state index contributed by atoms with van der Waals surface area (Å²) in [6.07, 6.45) is 1.64. The monoisotopic (exact) mass is 203 g/mol. The summed E-state index contributed by atoms with van der Waals surface area (Å²) in [5.41, 5.74) is 0. The van der Waals surface area contributed by atoms with Crippen LogP contribution in [0, 0.1) is 5.92 Å². The predicted octanol–water partition coefficient (Wildman–Crippen LogP) is 0.548. The zero-order chi connectivity index (χ0) is 10.8. The van der Waals surface area contributed by atoms with Gasteiger partial charge in [0.05, 0.1) is 0 Å². The van der Waals surface area contributed by atoms with Gasteiger partial charge in [-0.1, -0.05) is 13.8 Å². The van der Waals surface area contributed by atoms with Gasteiger partial charge in [0.15, 0.2) is 0 Å². The first-order valence-electron chi connectivity index (χ1n) is 5.16. The van der Waals surface area contributed by atoms with E-state index in [2.05, 4.69) is 5.32 Å². The van der Waals surface area contributed by atoms with Crippen LogP contribution < -0.4 is 5.32 Å². The largest absolute Gasteiger partial charge is 0.396 e. The maximum Gasteiger partial charge on any atom is 0.246 e. The van der Waals surface area contributed by atoms with E-state index in [1.54, 1.807) is 0 Å². The Kier molecular flexibility index (Phi) is 8.57. The minimum Gasteiger partial charge on any atom is -0.396 e. The summed E-state index contributed by atoms with van der Waals surface area (Å²) in [5.74, 6) is 0.235. The van der Waals surface area contributed by atoms with E-state index in [1.165, 1.54) is 0 Å². The number of aliphatic hydroxyl groups excluding tert-OH is 1. The normalized spacial score (nSPS) is 12.5. The summed E-state index contributed by atoms with van der Waals surface area (Å²) < 4.78 is 5.08. The summed E-state index contributed by atoms with van der Waals surface area (Å²) in [6, 6.07) is 0. The van der Waals surface area contributed by atoms with E-state index < -0.39 is 0 Å². The van der Waals surface area contributed by atoms with Gasteiger partial charge in [-0.15, -0.1) is 0 Å². The van der Waals surface area contributed by atoms with Crippen molar-refractivity contribution in [1.29, 1.82) is 0 Å². The van der Waals surface area contributed by atoms with Crippen LogP contribution in [-0.2, 0) is 9.53 Å². The van der Waals surface area contributed by atoms with Crippen LogP contribution in [0.5, 0.6) is 0 Å². The molecule has 0 aromatic heterocycles. The minimum absolute atomic E-state index is 0.0803. The van der Waals surface area contributed by atoms with Gasteiger partial charge >= 0.3 is 0 Å². The highest BCUT2D eigenvalue weighted by Crippen LogP contribution is 1.97. The molecule has 0 fully saturated rings. The average Bonchev–Trinajstić information content (AvgIpc) is 2.16. The zero-order valence-electron chi connectivity index (χ0n) is 9.08. The summed E-state index contributed by atoms with van der Waals surface area (Å²) in [4.78, 5) is 11.1. The van der Waals surface area contributed by atoms with E-state index in [-0.39, 0.29) is 19.1 Å². The van der Waals surface area contributed by atoms with Crippen molar-refractivity contribution < 1.29 is 14.6 Å². The van der Waals surface area contributed by atoms with Crippen molar-refractivity contribution >= 4 is 5.91 Å². The van der Waals surface area contributed by atoms with Crippen LogP contribution in [0.25, 0.3) is 0 Å². The van der Waals surface area contributed by atoms with Gasteiger partial charge in [0.25, 0.3) is 0 Å².